The van der Waals surface area contributed by atoms with E-state index in [1.165, 1.54) is 0 Å². The second kappa shape index (κ2) is 6.65. The molecule has 0 aromatic carbocycles. The van der Waals surface area contributed by atoms with Crippen LogP contribution < -0.4 is 10.0 Å². The number of pyridine rings is 1. The van der Waals surface area contributed by atoms with Gasteiger partial charge in [-0.05, 0) is 37.8 Å². The Kier molecular flexibility index (Phi) is 5.12. The van der Waals surface area contributed by atoms with Crippen molar-refractivity contribution in [1.29, 1.82) is 0 Å². The van der Waals surface area contributed by atoms with Gasteiger partial charge in [0.05, 0.1) is 17.5 Å². The smallest absolute Gasteiger partial charge is 0.215 e. The van der Waals surface area contributed by atoms with Crippen LogP contribution >= 0.6 is 0 Å². The first-order valence-corrected chi connectivity index (χ1v) is 8.72. The van der Waals surface area contributed by atoms with Crippen LogP contribution in [0.5, 0.6) is 0 Å². The van der Waals surface area contributed by atoms with Crippen molar-refractivity contribution >= 4 is 10.0 Å². The number of aromatic nitrogens is 1. The van der Waals surface area contributed by atoms with E-state index in [0.717, 1.165) is 30.5 Å². The minimum Gasteiger partial charge on any atom is -0.313 e. The molecule has 0 bridgehead atoms. The first kappa shape index (κ1) is 15.4. The molecule has 6 heteroatoms. The maximum Gasteiger partial charge on any atom is 0.215 e. The molecule has 1 aliphatic rings. The van der Waals surface area contributed by atoms with E-state index in [2.05, 4.69) is 15.0 Å². The lowest BCUT2D eigenvalue weighted by atomic mass is 10.1. The van der Waals surface area contributed by atoms with Crippen molar-refractivity contribution < 1.29 is 8.42 Å². The van der Waals surface area contributed by atoms with E-state index in [-0.39, 0.29) is 6.54 Å². The maximum absolute atomic E-state index is 12.2. The molecule has 2 rings (SSSR count). The number of rotatable bonds is 8. The molecular weight excluding hydrogens is 274 g/mol. The molecule has 0 spiro atoms. The fourth-order valence-corrected chi connectivity index (χ4v) is 2.93. The Morgan fingerprint density at radius 3 is 2.85 bits per heavy atom. The summed E-state index contributed by atoms with van der Waals surface area (Å²) in [5.74, 6) is 0. The zero-order chi connectivity index (χ0) is 14.6. The van der Waals surface area contributed by atoms with Crippen molar-refractivity contribution in [2.45, 2.75) is 50.9 Å². The molecule has 20 heavy (non-hydrogen) atoms. The van der Waals surface area contributed by atoms with Crippen LogP contribution in [-0.2, 0) is 23.0 Å². The third-order valence-corrected chi connectivity index (χ3v) is 5.38. The molecule has 0 aliphatic heterocycles. The highest BCUT2D eigenvalue weighted by Gasteiger charge is 2.25. The van der Waals surface area contributed by atoms with Crippen LogP contribution in [0.15, 0.2) is 18.3 Å². The molecule has 1 unspecified atom stereocenters. The maximum atomic E-state index is 12.2. The summed E-state index contributed by atoms with van der Waals surface area (Å²) in [6, 6.07) is 4.38. The van der Waals surface area contributed by atoms with Gasteiger partial charge < -0.3 is 5.32 Å². The van der Waals surface area contributed by atoms with Gasteiger partial charge in [0.1, 0.15) is 0 Å². The summed E-state index contributed by atoms with van der Waals surface area (Å²) >= 11 is 0. The molecule has 1 aromatic heterocycles. The summed E-state index contributed by atoms with van der Waals surface area (Å²) in [6.07, 6.45) is 4.87. The zero-order valence-corrected chi connectivity index (χ0v) is 12.9. The molecule has 1 aliphatic carbocycles. The van der Waals surface area contributed by atoms with Gasteiger partial charge in [0.15, 0.2) is 0 Å². The molecule has 112 valence electrons. The van der Waals surface area contributed by atoms with Crippen molar-refractivity contribution in [2.24, 2.45) is 0 Å². The summed E-state index contributed by atoms with van der Waals surface area (Å²) in [6.45, 7) is 4.54. The summed E-state index contributed by atoms with van der Waals surface area (Å²) < 4.78 is 27.0. The predicted octanol–water partition coefficient (Wildman–Crippen LogP) is 1.20. The lowest BCUT2D eigenvalue weighted by Gasteiger charge is -2.15. The third kappa shape index (κ3) is 4.26. The molecule has 1 atom stereocenters. The lowest BCUT2D eigenvalue weighted by Crippen LogP contribution is -2.39. The first-order valence-electron chi connectivity index (χ1n) is 7.17. The van der Waals surface area contributed by atoms with Crippen LogP contribution in [-0.4, -0.2) is 31.2 Å². The van der Waals surface area contributed by atoms with Crippen molar-refractivity contribution in [3.05, 3.63) is 29.6 Å². The molecule has 5 nitrogen and oxygen atoms in total. The summed E-state index contributed by atoms with van der Waals surface area (Å²) in [5.41, 5.74) is 1.89. The monoisotopic (exact) mass is 297 g/mol. The molecule has 1 saturated carbocycles. The van der Waals surface area contributed by atoms with Gasteiger partial charge >= 0.3 is 0 Å². The van der Waals surface area contributed by atoms with E-state index in [1.807, 2.05) is 19.1 Å². The van der Waals surface area contributed by atoms with Crippen LogP contribution in [0.2, 0.25) is 0 Å². The van der Waals surface area contributed by atoms with Gasteiger partial charge in [-0.3, -0.25) is 4.98 Å². The topological polar surface area (TPSA) is 71.1 Å². The quantitative estimate of drug-likeness (QED) is 0.756. The van der Waals surface area contributed by atoms with E-state index in [1.54, 1.807) is 13.1 Å². The molecule has 1 fully saturated rings. The van der Waals surface area contributed by atoms with Crippen LogP contribution in [0.25, 0.3) is 0 Å². The standard InChI is InChI=1S/C14H23N3O2S/c1-3-12-5-4-8-15-14(12)10-17-20(18,19)11(2)9-16-13-6-7-13/h4-5,8,11,13,16-17H,3,6-7,9-10H2,1-2H3. The van der Waals surface area contributed by atoms with Gasteiger partial charge in [-0.15, -0.1) is 0 Å². The molecule has 2 N–H and O–H groups in total. The highest BCUT2D eigenvalue weighted by Crippen LogP contribution is 2.18. The number of aryl methyl sites for hydroxylation is 1. The number of sulfonamides is 1. The fourth-order valence-electron chi connectivity index (χ4n) is 1.99. The van der Waals surface area contributed by atoms with Gasteiger partial charge in [0, 0.05) is 18.8 Å². The normalized spacial score (nSPS) is 17.1. The number of nitrogens with zero attached hydrogens (tertiary/aromatic N) is 1. The van der Waals surface area contributed by atoms with E-state index in [4.69, 9.17) is 0 Å². The Labute approximate surface area is 121 Å². The average Bonchev–Trinajstić information content (AvgIpc) is 3.27. The number of hydrogen-bond acceptors (Lipinski definition) is 4. The summed E-state index contributed by atoms with van der Waals surface area (Å²) in [7, 11) is -3.30. The van der Waals surface area contributed by atoms with E-state index in [9.17, 15) is 8.42 Å². The van der Waals surface area contributed by atoms with Gasteiger partial charge in [-0.1, -0.05) is 13.0 Å². The Morgan fingerprint density at radius 2 is 2.20 bits per heavy atom. The Hall–Kier alpha value is -0.980. The van der Waals surface area contributed by atoms with Crippen molar-refractivity contribution in [3.63, 3.8) is 0 Å². The molecule has 0 amide bonds. The largest absolute Gasteiger partial charge is 0.313 e. The van der Waals surface area contributed by atoms with Crippen LogP contribution in [0.1, 0.15) is 37.9 Å². The SMILES string of the molecule is CCc1cccnc1CNS(=O)(=O)C(C)CNC1CC1. The van der Waals surface area contributed by atoms with Gasteiger partial charge in [-0.2, -0.15) is 0 Å². The highest BCUT2D eigenvalue weighted by molar-refractivity contribution is 7.90. The van der Waals surface area contributed by atoms with Crippen molar-refractivity contribution in [2.75, 3.05) is 6.54 Å². The molecule has 1 aromatic rings. The second-order valence-corrected chi connectivity index (χ2v) is 7.51. The van der Waals surface area contributed by atoms with Crippen LogP contribution in [0, 0.1) is 0 Å². The van der Waals surface area contributed by atoms with E-state index >= 15 is 0 Å². The molecule has 0 saturated heterocycles. The summed E-state index contributed by atoms with van der Waals surface area (Å²) in [4.78, 5) is 4.25. The molecule has 1 heterocycles. The van der Waals surface area contributed by atoms with E-state index in [0.29, 0.717) is 12.6 Å². The number of hydrogen-bond donors (Lipinski definition) is 2. The van der Waals surface area contributed by atoms with Gasteiger partial charge in [0.2, 0.25) is 10.0 Å². The van der Waals surface area contributed by atoms with E-state index < -0.39 is 15.3 Å². The fraction of sp³-hybridized carbons (Fsp3) is 0.643. The van der Waals surface area contributed by atoms with Gasteiger partial charge in [-0.25, -0.2) is 13.1 Å². The Bertz CT molecular complexity index is 541. The van der Waals surface area contributed by atoms with Crippen LogP contribution in [0.4, 0.5) is 0 Å². The lowest BCUT2D eigenvalue weighted by molar-refractivity contribution is 0.556. The van der Waals surface area contributed by atoms with Crippen molar-refractivity contribution in [3.8, 4) is 0 Å². The zero-order valence-electron chi connectivity index (χ0n) is 12.1. The highest BCUT2D eigenvalue weighted by atomic mass is 32.2. The van der Waals surface area contributed by atoms with Crippen LogP contribution in [0.3, 0.4) is 0 Å². The Morgan fingerprint density at radius 1 is 1.45 bits per heavy atom. The second-order valence-electron chi connectivity index (χ2n) is 5.32. The third-order valence-electron chi connectivity index (χ3n) is 3.61. The Balaban J connectivity index is 1.90. The minimum absolute atomic E-state index is 0.264. The summed E-state index contributed by atoms with van der Waals surface area (Å²) in [5, 5.41) is 2.81. The minimum atomic E-state index is -3.30. The van der Waals surface area contributed by atoms with Gasteiger partial charge in [0.25, 0.3) is 0 Å². The first-order chi connectivity index (χ1) is 9.53. The number of nitrogens with one attached hydrogen (secondary N) is 2. The molecular formula is C14H23N3O2S. The predicted molar refractivity (Wildman–Crippen MR) is 79.9 cm³/mol. The molecule has 0 radical (unpaired) electrons. The van der Waals surface area contributed by atoms with Crippen molar-refractivity contribution in [1.82, 2.24) is 15.0 Å². The average molecular weight is 297 g/mol.